The molecule has 7 heteroatoms. The summed E-state index contributed by atoms with van der Waals surface area (Å²) in [6, 6.07) is 11.0. The highest BCUT2D eigenvalue weighted by Gasteiger charge is 2.31. The van der Waals surface area contributed by atoms with Crippen molar-refractivity contribution in [2.75, 3.05) is 11.9 Å². The zero-order valence-electron chi connectivity index (χ0n) is 14.4. The number of hydrogen-bond donors (Lipinski definition) is 1. The monoisotopic (exact) mass is 349 g/mol. The van der Waals surface area contributed by atoms with Crippen LogP contribution in [0.25, 0.3) is 0 Å². The predicted molar refractivity (Wildman–Crippen MR) is 95.2 cm³/mol. The van der Waals surface area contributed by atoms with Gasteiger partial charge in [0.05, 0.1) is 5.69 Å². The maximum absolute atomic E-state index is 13.1. The van der Waals surface area contributed by atoms with Gasteiger partial charge in [-0.3, -0.25) is 9.69 Å². The van der Waals surface area contributed by atoms with Gasteiger partial charge >= 0.3 is 0 Å². The molecular formula is C19H19N5O2. The molecule has 0 bridgehead atoms. The highest BCUT2D eigenvalue weighted by molar-refractivity contribution is 5.94. The van der Waals surface area contributed by atoms with Crippen LogP contribution in [-0.4, -0.2) is 32.5 Å². The second-order valence-corrected chi connectivity index (χ2v) is 6.34. The molecule has 132 valence electrons. The van der Waals surface area contributed by atoms with Crippen LogP contribution in [0.4, 0.5) is 5.82 Å². The maximum atomic E-state index is 13.1. The van der Waals surface area contributed by atoms with E-state index in [2.05, 4.69) is 25.3 Å². The fourth-order valence-electron chi connectivity index (χ4n) is 3.27. The fraction of sp³-hybridized carbons (Fsp3) is 0.263. The summed E-state index contributed by atoms with van der Waals surface area (Å²) < 4.78 is 5.05. The first kappa shape index (κ1) is 16.4. The molecule has 1 N–H and O–H groups in total. The summed E-state index contributed by atoms with van der Waals surface area (Å²) in [6.07, 6.45) is 4.23. The number of carbonyl (C=O) groups excluding carboxylic acids is 1. The van der Waals surface area contributed by atoms with Crippen LogP contribution in [0.2, 0.25) is 0 Å². The van der Waals surface area contributed by atoms with Gasteiger partial charge in [0, 0.05) is 25.4 Å². The standard InChI is InChI=1S/C19H19N5O2/c1-13-9-17(23-26-13)22-19(25)18(14-5-3-2-4-6-14)24-8-7-15-10-20-12-21-16(15)11-24/h2-6,9-10,12,18H,7-8,11H2,1H3,(H,22,23,25)/t18-/m1/s1. The van der Waals surface area contributed by atoms with Crippen LogP contribution >= 0.6 is 0 Å². The van der Waals surface area contributed by atoms with E-state index < -0.39 is 6.04 Å². The Morgan fingerprint density at radius 1 is 1.31 bits per heavy atom. The van der Waals surface area contributed by atoms with Gasteiger partial charge in [0.15, 0.2) is 5.82 Å². The van der Waals surface area contributed by atoms with Gasteiger partial charge in [-0.2, -0.15) is 0 Å². The van der Waals surface area contributed by atoms with Gasteiger partial charge < -0.3 is 9.84 Å². The second kappa shape index (κ2) is 7.05. The number of rotatable bonds is 4. The van der Waals surface area contributed by atoms with Crippen LogP contribution in [0.15, 0.2) is 53.4 Å². The van der Waals surface area contributed by atoms with Gasteiger partial charge in [-0.05, 0) is 24.5 Å². The lowest BCUT2D eigenvalue weighted by molar-refractivity contribution is -0.122. The van der Waals surface area contributed by atoms with Crippen molar-refractivity contribution in [3.05, 3.63) is 71.5 Å². The maximum Gasteiger partial charge on any atom is 0.247 e. The van der Waals surface area contributed by atoms with Crippen molar-refractivity contribution in [3.8, 4) is 0 Å². The number of hydrogen-bond acceptors (Lipinski definition) is 6. The van der Waals surface area contributed by atoms with E-state index in [4.69, 9.17) is 4.52 Å². The van der Waals surface area contributed by atoms with Gasteiger partial charge in [0.25, 0.3) is 0 Å². The van der Waals surface area contributed by atoms with Gasteiger partial charge in [-0.1, -0.05) is 35.5 Å². The molecule has 0 radical (unpaired) electrons. The number of carbonyl (C=O) groups is 1. The third kappa shape index (κ3) is 3.34. The first-order valence-electron chi connectivity index (χ1n) is 8.51. The Balaban J connectivity index is 1.62. The SMILES string of the molecule is Cc1cc(NC(=O)[C@@H](c2ccccc2)N2CCc3cncnc3C2)no1. The number of amides is 1. The summed E-state index contributed by atoms with van der Waals surface area (Å²) in [7, 11) is 0. The van der Waals surface area contributed by atoms with E-state index in [1.165, 1.54) is 0 Å². The summed E-state index contributed by atoms with van der Waals surface area (Å²) in [4.78, 5) is 23.7. The minimum absolute atomic E-state index is 0.137. The number of anilines is 1. The predicted octanol–water partition coefficient (Wildman–Crippen LogP) is 2.51. The molecule has 0 saturated heterocycles. The molecule has 4 rings (SSSR count). The van der Waals surface area contributed by atoms with Crippen molar-refractivity contribution in [1.82, 2.24) is 20.0 Å². The summed E-state index contributed by atoms with van der Waals surface area (Å²) in [5, 5.41) is 6.73. The number of benzene rings is 1. The van der Waals surface area contributed by atoms with Gasteiger partial charge in [0.1, 0.15) is 18.1 Å². The molecule has 2 aromatic heterocycles. The van der Waals surface area contributed by atoms with Gasteiger partial charge in [0.2, 0.25) is 5.91 Å². The molecule has 3 aromatic rings. The topological polar surface area (TPSA) is 84.2 Å². The molecule has 0 spiro atoms. The summed E-state index contributed by atoms with van der Waals surface area (Å²) in [5.41, 5.74) is 3.04. The average Bonchev–Trinajstić information content (AvgIpc) is 3.07. The van der Waals surface area contributed by atoms with E-state index in [1.807, 2.05) is 36.5 Å². The van der Waals surface area contributed by atoms with Crippen molar-refractivity contribution in [2.24, 2.45) is 0 Å². The number of fused-ring (bicyclic) bond motifs is 1. The number of aryl methyl sites for hydroxylation is 1. The lowest BCUT2D eigenvalue weighted by Gasteiger charge is -2.34. The number of aromatic nitrogens is 3. The largest absolute Gasteiger partial charge is 0.360 e. The zero-order valence-corrected chi connectivity index (χ0v) is 14.4. The van der Waals surface area contributed by atoms with E-state index in [1.54, 1.807) is 19.3 Å². The molecule has 1 aromatic carbocycles. The van der Waals surface area contributed by atoms with Crippen molar-refractivity contribution in [2.45, 2.75) is 25.9 Å². The van der Waals surface area contributed by atoms with E-state index >= 15 is 0 Å². The number of nitrogens with one attached hydrogen (secondary N) is 1. The van der Waals surface area contributed by atoms with Crippen LogP contribution in [-0.2, 0) is 17.8 Å². The van der Waals surface area contributed by atoms with Crippen LogP contribution in [0.1, 0.15) is 28.6 Å². The Kier molecular flexibility index (Phi) is 4.45. The zero-order chi connectivity index (χ0) is 17.9. The van der Waals surface area contributed by atoms with Crippen molar-refractivity contribution in [1.29, 1.82) is 0 Å². The van der Waals surface area contributed by atoms with Crippen molar-refractivity contribution >= 4 is 11.7 Å². The van der Waals surface area contributed by atoms with E-state index in [9.17, 15) is 4.79 Å². The Hall–Kier alpha value is -3.06. The molecule has 0 aliphatic carbocycles. The molecule has 26 heavy (non-hydrogen) atoms. The molecule has 3 heterocycles. The van der Waals surface area contributed by atoms with Gasteiger partial charge in [-0.15, -0.1) is 0 Å². The van der Waals surface area contributed by atoms with Gasteiger partial charge in [-0.25, -0.2) is 9.97 Å². The Bertz CT molecular complexity index is 909. The highest BCUT2D eigenvalue weighted by Crippen LogP contribution is 2.28. The Morgan fingerprint density at radius 2 is 2.15 bits per heavy atom. The molecule has 0 fully saturated rings. The Morgan fingerprint density at radius 3 is 2.92 bits per heavy atom. The molecule has 7 nitrogen and oxygen atoms in total. The van der Waals surface area contributed by atoms with E-state index in [0.717, 1.165) is 29.8 Å². The molecule has 1 aliphatic rings. The molecule has 1 atom stereocenters. The van der Waals surface area contributed by atoms with Crippen molar-refractivity contribution < 1.29 is 9.32 Å². The Labute approximate surface area is 151 Å². The smallest absolute Gasteiger partial charge is 0.247 e. The third-order valence-electron chi connectivity index (χ3n) is 4.51. The van der Waals surface area contributed by atoms with Crippen LogP contribution in [0.5, 0.6) is 0 Å². The van der Waals surface area contributed by atoms with E-state index in [0.29, 0.717) is 18.1 Å². The molecular weight excluding hydrogens is 330 g/mol. The van der Waals surface area contributed by atoms with Crippen LogP contribution in [0, 0.1) is 6.92 Å². The number of nitrogens with zero attached hydrogens (tertiary/aromatic N) is 4. The minimum atomic E-state index is -0.434. The molecule has 0 unspecified atom stereocenters. The summed E-state index contributed by atoms with van der Waals surface area (Å²) >= 11 is 0. The minimum Gasteiger partial charge on any atom is -0.360 e. The summed E-state index contributed by atoms with van der Waals surface area (Å²) in [6.45, 7) is 3.15. The quantitative estimate of drug-likeness (QED) is 0.779. The molecule has 1 amide bonds. The summed E-state index contributed by atoms with van der Waals surface area (Å²) in [5.74, 6) is 0.940. The van der Waals surface area contributed by atoms with Crippen LogP contribution < -0.4 is 5.32 Å². The normalized spacial score (nSPS) is 15.3. The highest BCUT2D eigenvalue weighted by atomic mass is 16.5. The molecule has 0 saturated carbocycles. The fourth-order valence-corrected chi connectivity index (χ4v) is 3.27. The first-order valence-corrected chi connectivity index (χ1v) is 8.51. The first-order chi connectivity index (χ1) is 12.7. The van der Waals surface area contributed by atoms with Crippen molar-refractivity contribution in [3.63, 3.8) is 0 Å². The second-order valence-electron chi connectivity index (χ2n) is 6.34. The van der Waals surface area contributed by atoms with E-state index in [-0.39, 0.29) is 5.91 Å². The molecule has 1 aliphatic heterocycles. The average molecular weight is 349 g/mol. The van der Waals surface area contributed by atoms with Crippen LogP contribution in [0.3, 0.4) is 0 Å². The third-order valence-corrected chi connectivity index (χ3v) is 4.51. The lowest BCUT2D eigenvalue weighted by atomic mass is 9.99. The lowest BCUT2D eigenvalue weighted by Crippen LogP contribution is -2.40.